The molecule has 0 radical (unpaired) electrons. The Balaban J connectivity index is 0.000000382. The lowest BCUT2D eigenvalue weighted by molar-refractivity contribution is 0.475. The van der Waals surface area contributed by atoms with Crippen molar-refractivity contribution in [1.29, 1.82) is 0 Å². The van der Waals surface area contributed by atoms with Gasteiger partial charge in [-0.05, 0) is 92.8 Å². The zero-order valence-electron chi connectivity index (χ0n) is 24.1. The van der Waals surface area contributed by atoms with Gasteiger partial charge < -0.3 is 16.2 Å². The number of unbranched alkanes of at least 4 members (excludes halogenated alkanes) is 2. The fourth-order valence-electron chi connectivity index (χ4n) is 4.17. The van der Waals surface area contributed by atoms with Gasteiger partial charge in [0.25, 0.3) is 0 Å². The van der Waals surface area contributed by atoms with E-state index in [0.29, 0.717) is 11.8 Å². The molecule has 2 unspecified atom stereocenters. The molecule has 210 valence electrons. The van der Waals surface area contributed by atoms with E-state index in [4.69, 9.17) is 5.73 Å². The lowest BCUT2D eigenvalue weighted by atomic mass is 9.97. The van der Waals surface area contributed by atoms with Crippen molar-refractivity contribution in [1.82, 2.24) is 5.32 Å². The summed E-state index contributed by atoms with van der Waals surface area (Å²) in [6, 6.07) is 16.4. The number of nitrogens with two attached hydrogens (primary N) is 1. The van der Waals surface area contributed by atoms with Crippen molar-refractivity contribution in [3.8, 4) is 5.75 Å². The highest BCUT2D eigenvalue weighted by Crippen LogP contribution is 2.17. The SMILES string of the molecule is C=C(CCCCCSCC)C(N)Cc1ccc(O)cc1.C=CNC(/C=C/CCc1cccc(C)c1)CCC. The normalized spacial score (nSPS) is 12.4. The first kappa shape index (κ1) is 33.6. The van der Waals surface area contributed by atoms with Crippen molar-refractivity contribution in [2.24, 2.45) is 5.73 Å². The predicted octanol–water partition coefficient (Wildman–Crippen LogP) is 8.52. The van der Waals surface area contributed by atoms with E-state index in [2.05, 4.69) is 75.7 Å². The second-order valence-corrected chi connectivity index (χ2v) is 11.3. The van der Waals surface area contributed by atoms with Crippen molar-refractivity contribution in [3.05, 3.63) is 102 Å². The van der Waals surface area contributed by atoms with E-state index in [9.17, 15) is 5.11 Å². The number of hydrogen-bond acceptors (Lipinski definition) is 4. The molecule has 0 aliphatic carbocycles. The maximum absolute atomic E-state index is 9.25. The minimum Gasteiger partial charge on any atom is -0.508 e. The smallest absolute Gasteiger partial charge is 0.115 e. The molecule has 4 heteroatoms. The number of phenols is 1. The van der Waals surface area contributed by atoms with Gasteiger partial charge in [0.2, 0.25) is 0 Å². The van der Waals surface area contributed by atoms with Crippen LogP contribution in [0.15, 0.2) is 85.6 Å². The number of benzene rings is 2. The highest BCUT2D eigenvalue weighted by atomic mass is 32.2. The van der Waals surface area contributed by atoms with Crippen LogP contribution < -0.4 is 11.1 Å². The Labute approximate surface area is 237 Å². The van der Waals surface area contributed by atoms with Crippen LogP contribution in [0.3, 0.4) is 0 Å². The largest absolute Gasteiger partial charge is 0.508 e. The number of phenolic OH excluding ortho intramolecular Hbond substituents is 1. The van der Waals surface area contributed by atoms with E-state index in [1.54, 1.807) is 18.3 Å². The van der Waals surface area contributed by atoms with Crippen LogP contribution in [0.1, 0.15) is 75.5 Å². The summed E-state index contributed by atoms with van der Waals surface area (Å²) in [4.78, 5) is 0. The van der Waals surface area contributed by atoms with Gasteiger partial charge in [-0.2, -0.15) is 11.8 Å². The highest BCUT2D eigenvalue weighted by Gasteiger charge is 2.08. The van der Waals surface area contributed by atoms with Crippen LogP contribution in [-0.2, 0) is 12.8 Å². The molecule has 0 aliphatic rings. The maximum atomic E-state index is 9.25. The molecule has 38 heavy (non-hydrogen) atoms. The number of hydrogen-bond donors (Lipinski definition) is 3. The molecule has 0 aliphatic heterocycles. The first-order valence-electron chi connectivity index (χ1n) is 14.3. The number of nitrogens with one attached hydrogen (secondary N) is 1. The third-order valence-corrected chi connectivity index (χ3v) is 7.37. The summed E-state index contributed by atoms with van der Waals surface area (Å²) >= 11 is 2.01. The number of thioether (sulfide) groups is 1. The van der Waals surface area contributed by atoms with Crippen molar-refractivity contribution in [2.45, 2.75) is 90.6 Å². The molecule has 0 saturated carbocycles. The molecule has 0 saturated heterocycles. The van der Waals surface area contributed by atoms with Gasteiger partial charge in [0.05, 0.1) is 0 Å². The van der Waals surface area contributed by atoms with Crippen molar-refractivity contribution < 1.29 is 5.11 Å². The number of aryl methyl sites for hydroxylation is 2. The van der Waals surface area contributed by atoms with Crippen LogP contribution in [0.2, 0.25) is 0 Å². The number of allylic oxidation sites excluding steroid dienone is 1. The number of rotatable bonds is 18. The van der Waals surface area contributed by atoms with E-state index in [0.717, 1.165) is 43.2 Å². The summed E-state index contributed by atoms with van der Waals surface area (Å²) in [5.74, 6) is 2.78. The van der Waals surface area contributed by atoms with Crippen molar-refractivity contribution in [2.75, 3.05) is 11.5 Å². The van der Waals surface area contributed by atoms with Crippen LogP contribution in [-0.4, -0.2) is 28.7 Å². The Bertz CT molecular complexity index is 922. The van der Waals surface area contributed by atoms with Gasteiger partial charge in [-0.3, -0.25) is 0 Å². The third-order valence-electron chi connectivity index (χ3n) is 6.39. The van der Waals surface area contributed by atoms with E-state index < -0.39 is 0 Å². The van der Waals surface area contributed by atoms with Crippen LogP contribution in [0.25, 0.3) is 0 Å². The lowest BCUT2D eigenvalue weighted by Gasteiger charge is -2.15. The minimum atomic E-state index is 0.0181. The zero-order valence-corrected chi connectivity index (χ0v) is 24.9. The summed E-state index contributed by atoms with van der Waals surface area (Å²) in [7, 11) is 0. The standard InChI is InChI=1S/C17H27NOS.C17H25N/c1-3-20-12-6-4-5-7-14(2)17(18)13-15-8-10-16(19)11-9-15;1-4-9-17(18-5-2)13-7-6-11-16-12-8-10-15(3)14-16/h8-11,17,19H,2-7,12-13,18H2,1H3;5,7-8,10,12-14,17-18H,2,4,6,9,11H2,1,3H3/b;13-7+. The summed E-state index contributed by atoms with van der Waals surface area (Å²) < 4.78 is 0. The molecule has 0 aromatic heterocycles. The maximum Gasteiger partial charge on any atom is 0.115 e. The first-order valence-corrected chi connectivity index (χ1v) is 15.4. The van der Waals surface area contributed by atoms with Crippen LogP contribution in [0.5, 0.6) is 5.75 Å². The Hall–Kier alpha value is -2.43. The molecule has 0 fully saturated rings. The highest BCUT2D eigenvalue weighted by molar-refractivity contribution is 7.99. The average Bonchev–Trinajstić information content (AvgIpc) is 2.90. The van der Waals surface area contributed by atoms with Crippen LogP contribution in [0, 0.1) is 6.92 Å². The second kappa shape index (κ2) is 21.5. The molecule has 2 aromatic rings. The van der Waals surface area contributed by atoms with Crippen molar-refractivity contribution in [3.63, 3.8) is 0 Å². The van der Waals surface area contributed by atoms with Gasteiger partial charge in [0.1, 0.15) is 5.75 Å². The minimum absolute atomic E-state index is 0.0181. The molecule has 2 atom stereocenters. The van der Waals surface area contributed by atoms with Gasteiger partial charge in [0, 0.05) is 12.1 Å². The van der Waals surface area contributed by atoms with E-state index >= 15 is 0 Å². The fraction of sp³-hybridized carbons (Fsp3) is 0.471. The topological polar surface area (TPSA) is 58.3 Å². The van der Waals surface area contributed by atoms with Crippen LogP contribution in [0.4, 0.5) is 0 Å². The molecule has 3 nitrogen and oxygen atoms in total. The van der Waals surface area contributed by atoms with E-state index in [1.165, 1.54) is 48.3 Å². The van der Waals surface area contributed by atoms with E-state index in [-0.39, 0.29) is 6.04 Å². The van der Waals surface area contributed by atoms with Gasteiger partial charge in [-0.15, -0.1) is 0 Å². The number of aromatic hydroxyl groups is 1. The Morgan fingerprint density at radius 1 is 1.08 bits per heavy atom. The molecule has 0 spiro atoms. The molecule has 0 heterocycles. The fourth-order valence-corrected chi connectivity index (χ4v) is 4.87. The van der Waals surface area contributed by atoms with Crippen LogP contribution >= 0.6 is 11.8 Å². The second-order valence-electron chi connectivity index (χ2n) is 9.86. The average molecular weight is 537 g/mol. The summed E-state index contributed by atoms with van der Waals surface area (Å²) in [6.07, 6.45) is 16.4. The van der Waals surface area contributed by atoms with E-state index in [1.807, 2.05) is 23.9 Å². The Kier molecular flexibility index (Phi) is 19.0. The monoisotopic (exact) mass is 536 g/mol. The van der Waals surface area contributed by atoms with Gasteiger partial charge in [-0.25, -0.2) is 0 Å². The molecule has 2 aromatic carbocycles. The summed E-state index contributed by atoms with van der Waals surface area (Å²) in [5.41, 5.74) is 11.2. The first-order chi connectivity index (χ1) is 18.4. The molecule has 0 amide bonds. The third kappa shape index (κ3) is 16.4. The zero-order chi connectivity index (χ0) is 28.0. The molecular formula is C34H52N2OS. The lowest BCUT2D eigenvalue weighted by Crippen LogP contribution is -2.24. The molecule has 0 bridgehead atoms. The van der Waals surface area contributed by atoms with Gasteiger partial charge in [-0.1, -0.05) is 99.5 Å². The summed E-state index contributed by atoms with van der Waals surface area (Å²) in [6.45, 7) is 14.4. The Morgan fingerprint density at radius 3 is 2.50 bits per heavy atom. The molecule has 2 rings (SSSR count). The summed E-state index contributed by atoms with van der Waals surface area (Å²) in [5, 5.41) is 12.5. The van der Waals surface area contributed by atoms with Gasteiger partial charge >= 0.3 is 0 Å². The molecular weight excluding hydrogens is 484 g/mol. The molecule has 4 N–H and O–H groups in total. The predicted molar refractivity (Wildman–Crippen MR) is 171 cm³/mol. The quantitative estimate of drug-likeness (QED) is 0.132. The van der Waals surface area contributed by atoms with Gasteiger partial charge in [0.15, 0.2) is 0 Å². The van der Waals surface area contributed by atoms with Crippen molar-refractivity contribution >= 4 is 11.8 Å². The Morgan fingerprint density at radius 2 is 1.84 bits per heavy atom.